The molecule has 1 saturated heterocycles. The Morgan fingerprint density at radius 3 is 1.18 bits per heavy atom. The zero-order valence-electron chi connectivity index (χ0n) is 42.7. The zero-order valence-corrected chi connectivity index (χ0v) is 47.0. The predicted molar refractivity (Wildman–Crippen MR) is 290 cm³/mol. The molecule has 4 aromatic carbocycles. The van der Waals surface area contributed by atoms with E-state index in [2.05, 4.69) is 82.3 Å². The molecule has 0 N–H and O–H groups in total. The van der Waals surface area contributed by atoms with Crippen LogP contribution in [0.15, 0.2) is 103 Å². The van der Waals surface area contributed by atoms with Crippen LogP contribution < -0.4 is 9.80 Å². The van der Waals surface area contributed by atoms with Gasteiger partial charge in [-0.05, 0) is 159 Å². The van der Waals surface area contributed by atoms with Gasteiger partial charge in [-0.3, -0.25) is 0 Å². The number of rotatable bonds is 7. The van der Waals surface area contributed by atoms with Gasteiger partial charge in [-0.25, -0.2) is 4.39 Å². The first-order valence-electron chi connectivity index (χ1n) is 25.2. The molecule has 0 radical (unpaired) electrons. The standard InChI is InChI=1S/C21H27N2.C18H33P.C9H9F.C7H6.C3F6.2ClH.Ru/c1-14-9-16(3)20(17(4)10-14)22-7-8-23(13-22)21-18(5)11-15(2)12-19(21)6;1-4-10-16(11-5-1)19(17-12-6-2-7-13-17)18-14-8-3-9-15-18;1-8(10)7-9-5-3-2-4-6-9;1-7-5-3-2-4-6-7;4-1(2(5)6)3(7,8)9;;;/h9-13H,7-8H2,1-6H3;16-18H,1-15H2;2-7H,1H3;1-6H;;2*1H;/q-1;;;;;;;+2/p-1. The van der Waals surface area contributed by atoms with Gasteiger partial charge in [-0.15, -0.1) is 0 Å². The fourth-order valence-corrected chi connectivity index (χ4v) is 17.9. The Morgan fingerprint density at radius 1 is 0.563 bits per heavy atom. The van der Waals surface area contributed by atoms with Crippen LogP contribution in [0, 0.1) is 48.2 Å². The number of allylic oxidation sites excluding steroid dienone is 2. The fourth-order valence-electron chi connectivity index (χ4n) is 10.9. The first kappa shape index (κ1) is 60.5. The second-order valence-corrected chi connectivity index (χ2v) is 28.6. The molecule has 1 aliphatic heterocycles. The minimum absolute atomic E-state index is 0.0465. The number of hydrogen-bond donors (Lipinski definition) is 0. The van der Waals surface area contributed by atoms with Crippen LogP contribution in [0.2, 0.25) is 0 Å². The summed E-state index contributed by atoms with van der Waals surface area (Å²) < 4.78 is 79.0. The Balaban J connectivity index is 0.000000204. The molecule has 4 aromatic rings. The summed E-state index contributed by atoms with van der Waals surface area (Å²) in [5.74, 6) is -3.49. The van der Waals surface area contributed by atoms with Crippen molar-refractivity contribution in [2.75, 3.05) is 22.9 Å². The van der Waals surface area contributed by atoms with Crippen LogP contribution >= 0.6 is 27.3 Å². The number of hydrogen-bond acceptors (Lipinski definition) is 2. The summed E-state index contributed by atoms with van der Waals surface area (Å²) in [5.41, 5.74) is 16.5. The van der Waals surface area contributed by atoms with Gasteiger partial charge in [0.15, 0.2) is 0 Å². The van der Waals surface area contributed by atoms with E-state index in [1.54, 1.807) is 96.3 Å². The predicted octanol–water partition coefficient (Wildman–Crippen LogP) is 19.6. The van der Waals surface area contributed by atoms with Gasteiger partial charge in [0.1, 0.15) is 0 Å². The van der Waals surface area contributed by atoms with Crippen LogP contribution in [-0.4, -0.2) is 40.9 Å². The Kier molecular flexibility index (Phi) is 26.4. The molecular weight excluding hydrogens is 1060 g/mol. The van der Waals surface area contributed by atoms with Crippen molar-refractivity contribution in [2.45, 2.75) is 168 Å². The number of nitrogens with zero attached hydrogens (tertiary/aromatic N) is 2. The van der Waals surface area contributed by atoms with Crippen molar-refractivity contribution in [3.8, 4) is 0 Å². The molecule has 394 valence electrons. The fraction of sp³-hybridized carbons (Fsp3) is 0.483. The Bertz CT molecular complexity index is 2090. The van der Waals surface area contributed by atoms with Crippen molar-refractivity contribution in [2.24, 2.45) is 0 Å². The molecule has 13 heteroatoms. The van der Waals surface area contributed by atoms with E-state index in [-0.39, 0.29) is 13.7 Å². The van der Waals surface area contributed by atoms with E-state index in [4.69, 9.17) is 19.4 Å². The molecule has 0 atom stereocenters. The Labute approximate surface area is 435 Å². The van der Waals surface area contributed by atoms with Gasteiger partial charge in [0, 0.05) is 32.4 Å². The molecule has 0 amide bonds. The van der Waals surface area contributed by atoms with Gasteiger partial charge in [0.05, 0.1) is 22.8 Å². The average molecular weight is 1140 g/mol. The molecule has 0 unspecified atom stereocenters. The van der Waals surface area contributed by atoms with Crippen molar-refractivity contribution in [1.82, 2.24) is 0 Å². The van der Waals surface area contributed by atoms with Crippen LogP contribution in [0.1, 0.15) is 148 Å². The Hall–Kier alpha value is -3.03. The van der Waals surface area contributed by atoms with Gasteiger partial charge in [-0.1, -0.05) is 85.0 Å². The van der Waals surface area contributed by atoms with Crippen LogP contribution in [0.3, 0.4) is 0 Å². The third-order valence-electron chi connectivity index (χ3n) is 13.5. The third-order valence-corrected chi connectivity index (χ3v) is 19.9. The summed E-state index contributed by atoms with van der Waals surface area (Å²) in [6.07, 6.45) is 16.4. The second-order valence-electron chi connectivity index (χ2n) is 19.4. The Morgan fingerprint density at radius 2 is 0.901 bits per heavy atom. The summed E-state index contributed by atoms with van der Waals surface area (Å²) in [7, 11) is 11.3. The van der Waals surface area contributed by atoms with Crippen LogP contribution in [0.25, 0.3) is 6.08 Å². The quantitative estimate of drug-likeness (QED) is 0.0788. The summed E-state index contributed by atoms with van der Waals surface area (Å²) in [6.45, 7) is 19.0. The number of anilines is 2. The maximum atomic E-state index is 12.2. The summed E-state index contributed by atoms with van der Waals surface area (Å²) in [5, 5.41) is 0. The monoisotopic (exact) mass is 1140 g/mol. The molecule has 0 bridgehead atoms. The molecule has 4 aliphatic rings. The number of halogens is 9. The molecule has 1 heterocycles. The van der Waals surface area contributed by atoms with E-state index in [0.717, 1.165) is 24.2 Å². The molecule has 0 aromatic heterocycles. The third kappa shape index (κ3) is 21.0. The summed E-state index contributed by atoms with van der Waals surface area (Å²) in [4.78, 5) is 4.81. The molecular formula is C58H76Cl2F7N2PRu. The van der Waals surface area contributed by atoms with E-state index in [1.165, 1.54) is 74.7 Å². The molecule has 8 rings (SSSR count). The molecule has 71 heavy (non-hydrogen) atoms. The summed E-state index contributed by atoms with van der Waals surface area (Å²) >= 11 is -1.61. The van der Waals surface area contributed by atoms with Crippen LogP contribution in [-0.2, 0) is 13.5 Å². The van der Waals surface area contributed by atoms with Crippen LogP contribution in [0.4, 0.5) is 42.1 Å². The van der Waals surface area contributed by atoms with Gasteiger partial charge in [0.2, 0.25) is 0 Å². The van der Waals surface area contributed by atoms with Crippen molar-refractivity contribution in [3.05, 3.63) is 154 Å². The van der Waals surface area contributed by atoms with Gasteiger partial charge < -0.3 is 9.80 Å². The second kappa shape index (κ2) is 31.0. The summed E-state index contributed by atoms with van der Waals surface area (Å²) in [6, 6.07) is 28.4. The van der Waals surface area contributed by atoms with Gasteiger partial charge >= 0.3 is 85.7 Å². The van der Waals surface area contributed by atoms with Crippen LogP contribution in [0.5, 0.6) is 0 Å². The minimum atomic E-state index is -5.56. The number of alkyl halides is 3. The SMILES string of the molecule is C1CCC([PH+](C2CCCCC2)C2CCCCC2)CC1.CC(F)=Cc1ccccc1.Cc1cc(C)c(N2[CH-]N(c3c(C)cc(C)cc3C)CC2)c(C)c1.FC(F)=C(F)C(F)(F)F.[Cl][Ru]([Cl])=[CH]c1ccccc1. The van der Waals surface area contributed by atoms with E-state index in [9.17, 15) is 30.7 Å². The molecule has 2 nitrogen and oxygen atoms in total. The number of benzene rings is 4. The molecule has 3 aliphatic carbocycles. The molecule has 4 fully saturated rings. The van der Waals surface area contributed by atoms with Gasteiger partial charge in [-0.2, -0.15) is 33.0 Å². The van der Waals surface area contributed by atoms with Crippen molar-refractivity contribution in [3.63, 3.8) is 0 Å². The first-order valence-corrected chi connectivity index (χ1v) is 32.4. The maximum absolute atomic E-state index is 12.2. The zero-order chi connectivity index (χ0) is 52.1. The van der Waals surface area contributed by atoms with E-state index in [1.807, 2.05) is 65.3 Å². The van der Waals surface area contributed by atoms with Crippen molar-refractivity contribution in [1.29, 1.82) is 0 Å². The van der Waals surface area contributed by atoms with E-state index >= 15 is 0 Å². The van der Waals surface area contributed by atoms with E-state index < -0.39 is 31.6 Å². The van der Waals surface area contributed by atoms with E-state index in [0.29, 0.717) is 0 Å². The normalized spacial score (nSPS) is 17.1. The number of aryl methyl sites for hydroxylation is 6. The van der Waals surface area contributed by atoms with Gasteiger partial charge in [0.25, 0.3) is 5.83 Å². The van der Waals surface area contributed by atoms with Crippen molar-refractivity contribution >= 4 is 49.4 Å². The molecule has 3 saturated carbocycles. The topological polar surface area (TPSA) is 6.48 Å². The molecule has 0 spiro atoms. The average Bonchev–Trinajstić information content (AvgIpc) is 3.79. The van der Waals surface area contributed by atoms with Crippen molar-refractivity contribution < 1.29 is 44.3 Å². The first-order chi connectivity index (χ1) is 33.7.